The first kappa shape index (κ1) is 19.5. The van der Waals surface area contributed by atoms with Crippen LogP contribution in [0.2, 0.25) is 5.02 Å². The van der Waals surface area contributed by atoms with E-state index in [2.05, 4.69) is 6.08 Å². The maximum atomic E-state index is 14.3. The zero-order valence-corrected chi connectivity index (χ0v) is 16.2. The van der Waals surface area contributed by atoms with Crippen molar-refractivity contribution in [1.29, 1.82) is 0 Å². The first-order valence-electron chi connectivity index (χ1n) is 9.65. The number of rotatable bonds is 2. The number of halogens is 5. The average molecular weight is 409 g/mol. The van der Waals surface area contributed by atoms with Gasteiger partial charge in [0.25, 0.3) is 0 Å². The fourth-order valence-electron chi connectivity index (χ4n) is 5.35. The molecule has 2 aromatic carbocycles. The summed E-state index contributed by atoms with van der Waals surface area (Å²) in [4.78, 5) is 0. The first-order chi connectivity index (χ1) is 13.4. The van der Waals surface area contributed by atoms with E-state index in [0.29, 0.717) is 29.5 Å². The summed E-state index contributed by atoms with van der Waals surface area (Å²) in [6.45, 7) is 1.92. The van der Waals surface area contributed by atoms with Crippen LogP contribution in [0.4, 0.5) is 17.6 Å². The molecule has 28 heavy (non-hydrogen) atoms. The smallest absolute Gasteiger partial charge is 0.145 e. The number of allylic oxidation sites excluding steroid dienone is 2. The van der Waals surface area contributed by atoms with Crippen molar-refractivity contribution in [2.45, 2.75) is 44.4 Å². The van der Waals surface area contributed by atoms with Crippen LogP contribution in [0, 0.1) is 35.1 Å². The number of hydrogen-bond donors (Lipinski definition) is 0. The minimum atomic E-state index is -0.772. The summed E-state index contributed by atoms with van der Waals surface area (Å²) in [5.74, 6) is -2.60. The third kappa shape index (κ3) is 3.26. The van der Waals surface area contributed by atoms with Crippen molar-refractivity contribution in [3.05, 3.63) is 81.4 Å². The lowest BCUT2D eigenvalue weighted by atomic mass is 9.58. The van der Waals surface area contributed by atoms with E-state index in [9.17, 15) is 17.6 Å². The van der Waals surface area contributed by atoms with Crippen molar-refractivity contribution in [2.75, 3.05) is 0 Å². The van der Waals surface area contributed by atoms with Crippen molar-refractivity contribution >= 4 is 11.6 Å². The normalized spacial score (nSPS) is 26.9. The van der Waals surface area contributed by atoms with Gasteiger partial charge in [-0.05, 0) is 91.2 Å². The molecule has 1 saturated carbocycles. The van der Waals surface area contributed by atoms with Crippen molar-refractivity contribution in [2.24, 2.45) is 11.8 Å². The van der Waals surface area contributed by atoms with Crippen molar-refractivity contribution in [3.8, 4) is 0 Å². The van der Waals surface area contributed by atoms with Gasteiger partial charge in [-0.2, -0.15) is 0 Å². The molecule has 0 N–H and O–H groups in total. The summed E-state index contributed by atoms with van der Waals surface area (Å²) in [5, 5.41) is -0.503. The van der Waals surface area contributed by atoms with Crippen LogP contribution in [0.5, 0.6) is 0 Å². The molecule has 0 heterocycles. The van der Waals surface area contributed by atoms with Crippen LogP contribution >= 0.6 is 11.6 Å². The third-order valence-electron chi connectivity index (χ3n) is 6.40. The molecule has 0 amide bonds. The quantitative estimate of drug-likeness (QED) is 0.277. The lowest BCUT2D eigenvalue weighted by Gasteiger charge is -2.46. The predicted molar refractivity (Wildman–Crippen MR) is 103 cm³/mol. The molecule has 5 heteroatoms. The summed E-state index contributed by atoms with van der Waals surface area (Å²) in [6, 6.07) is 5.00. The SMILES string of the molecule is C/C=C/[C@@H]1CC[C@H]2c3cc(F)cc(F)c3CC[C@@H]2[C@H]1c1cc(F)c(Cl)c(F)c1. The van der Waals surface area contributed by atoms with Crippen LogP contribution < -0.4 is 0 Å². The molecular weight excluding hydrogens is 388 g/mol. The molecule has 4 rings (SSSR count). The van der Waals surface area contributed by atoms with Gasteiger partial charge in [0.05, 0.1) is 0 Å². The van der Waals surface area contributed by atoms with E-state index in [1.807, 2.05) is 13.0 Å². The number of fused-ring (bicyclic) bond motifs is 3. The van der Waals surface area contributed by atoms with Gasteiger partial charge >= 0.3 is 0 Å². The van der Waals surface area contributed by atoms with E-state index < -0.39 is 28.3 Å². The fourth-order valence-corrected chi connectivity index (χ4v) is 5.46. The molecule has 0 bridgehead atoms. The highest BCUT2D eigenvalue weighted by molar-refractivity contribution is 6.30. The minimum Gasteiger partial charge on any atom is -0.207 e. The van der Waals surface area contributed by atoms with Gasteiger partial charge < -0.3 is 0 Å². The van der Waals surface area contributed by atoms with Crippen molar-refractivity contribution < 1.29 is 17.6 Å². The molecule has 0 unspecified atom stereocenters. The Hall–Kier alpha value is -1.81. The van der Waals surface area contributed by atoms with Crippen LogP contribution in [0.1, 0.15) is 54.7 Å². The van der Waals surface area contributed by atoms with Crippen molar-refractivity contribution in [1.82, 2.24) is 0 Å². The van der Waals surface area contributed by atoms with E-state index in [4.69, 9.17) is 11.6 Å². The number of hydrogen-bond acceptors (Lipinski definition) is 0. The maximum absolute atomic E-state index is 14.3. The van der Waals surface area contributed by atoms with Gasteiger partial charge in [0.15, 0.2) is 0 Å². The Bertz CT molecular complexity index is 913. The van der Waals surface area contributed by atoms with Crippen LogP contribution in [-0.4, -0.2) is 0 Å². The summed E-state index contributed by atoms with van der Waals surface area (Å²) in [7, 11) is 0. The Balaban J connectivity index is 1.81. The molecule has 0 saturated heterocycles. The second-order valence-electron chi connectivity index (χ2n) is 7.86. The molecule has 148 valence electrons. The lowest BCUT2D eigenvalue weighted by Crippen LogP contribution is -2.35. The van der Waals surface area contributed by atoms with Crippen LogP contribution in [-0.2, 0) is 6.42 Å². The zero-order valence-electron chi connectivity index (χ0n) is 15.5. The highest BCUT2D eigenvalue weighted by Crippen LogP contribution is 2.54. The van der Waals surface area contributed by atoms with Gasteiger partial charge in [-0.3, -0.25) is 0 Å². The maximum Gasteiger partial charge on any atom is 0.145 e. The van der Waals surface area contributed by atoms with Gasteiger partial charge in [0.1, 0.15) is 28.3 Å². The molecule has 4 atom stereocenters. The van der Waals surface area contributed by atoms with Crippen LogP contribution in [0.15, 0.2) is 36.4 Å². The highest BCUT2D eigenvalue weighted by atomic mass is 35.5. The molecule has 0 nitrogen and oxygen atoms in total. The van der Waals surface area contributed by atoms with Gasteiger partial charge in [-0.15, -0.1) is 0 Å². The summed E-state index contributed by atoms with van der Waals surface area (Å²) < 4.78 is 56.6. The Morgan fingerprint density at radius 2 is 1.64 bits per heavy atom. The second-order valence-corrected chi connectivity index (χ2v) is 8.23. The molecule has 1 fully saturated rings. The number of benzene rings is 2. The van der Waals surface area contributed by atoms with Gasteiger partial charge in [0, 0.05) is 6.07 Å². The molecule has 0 spiro atoms. The summed E-state index contributed by atoms with van der Waals surface area (Å²) >= 11 is 5.68. The molecule has 2 aliphatic carbocycles. The van der Waals surface area contributed by atoms with Crippen LogP contribution in [0.25, 0.3) is 0 Å². The fraction of sp³-hybridized carbons (Fsp3) is 0.391. The molecule has 0 radical (unpaired) electrons. The highest BCUT2D eigenvalue weighted by Gasteiger charge is 2.43. The van der Waals surface area contributed by atoms with Gasteiger partial charge in [-0.1, -0.05) is 23.8 Å². The Morgan fingerprint density at radius 1 is 0.929 bits per heavy atom. The largest absolute Gasteiger partial charge is 0.207 e. The first-order valence-corrected chi connectivity index (χ1v) is 10.0. The monoisotopic (exact) mass is 408 g/mol. The van der Waals surface area contributed by atoms with E-state index in [1.165, 1.54) is 18.2 Å². The molecule has 2 aliphatic rings. The second kappa shape index (κ2) is 7.55. The topological polar surface area (TPSA) is 0 Å². The standard InChI is InChI=1S/C23H21ClF4/c1-2-3-12-4-5-15-17(7-6-16-18(15)10-14(25)11-19(16)26)22(12)13-8-20(27)23(24)21(28)9-13/h2-3,8-12,15,17,22H,4-7H2,1H3/b3-2+/t12-,15-,17+,22-/m1/s1. The lowest BCUT2D eigenvalue weighted by molar-refractivity contribution is 0.193. The minimum absolute atomic E-state index is 0.0257. The van der Waals surface area contributed by atoms with Crippen LogP contribution in [0.3, 0.4) is 0 Å². The predicted octanol–water partition coefficient (Wildman–Crippen LogP) is 7.31. The average Bonchev–Trinajstić information content (AvgIpc) is 2.65. The summed E-state index contributed by atoms with van der Waals surface area (Å²) in [6.07, 6.45) is 6.82. The van der Waals surface area contributed by atoms with E-state index in [0.717, 1.165) is 18.9 Å². The third-order valence-corrected chi connectivity index (χ3v) is 6.76. The van der Waals surface area contributed by atoms with E-state index >= 15 is 0 Å². The Kier molecular flexibility index (Phi) is 5.26. The van der Waals surface area contributed by atoms with Crippen molar-refractivity contribution in [3.63, 3.8) is 0 Å². The van der Waals surface area contributed by atoms with Gasteiger partial charge in [0.2, 0.25) is 0 Å². The Labute approximate surface area is 167 Å². The van der Waals surface area contributed by atoms with Gasteiger partial charge in [-0.25, -0.2) is 17.6 Å². The van der Waals surface area contributed by atoms with E-state index in [1.54, 1.807) is 0 Å². The molecule has 0 aromatic heterocycles. The molecule has 0 aliphatic heterocycles. The zero-order chi connectivity index (χ0) is 20.0. The summed E-state index contributed by atoms with van der Waals surface area (Å²) in [5.41, 5.74) is 1.87. The molecular formula is C23H21ClF4. The van der Waals surface area contributed by atoms with E-state index in [-0.39, 0.29) is 23.7 Å². The molecule has 2 aromatic rings. The Morgan fingerprint density at radius 3 is 2.32 bits per heavy atom.